The molecule has 0 spiro atoms. The second-order valence-corrected chi connectivity index (χ2v) is 7.36. The van der Waals surface area contributed by atoms with Crippen molar-refractivity contribution < 1.29 is 14.3 Å². The van der Waals surface area contributed by atoms with Gasteiger partial charge in [-0.1, -0.05) is 17.7 Å². The van der Waals surface area contributed by atoms with Crippen molar-refractivity contribution in [3.8, 4) is 5.75 Å². The first kappa shape index (κ1) is 21.0. The van der Waals surface area contributed by atoms with E-state index in [-0.39, 0.29) is 18.0 Å². The summed E-state index contributed by atoms with van der Waals surface area (Å²) >= 11 is 0. The molecule has 0 aliphatic rings. The Morgan fingerprint density at radius 3 is 2.44 bits per heavy atom. The van der Waals surface area contributed by atoms with Crippen molar-refractivity contribution in [3.63, 3.8) is 0 Å². The topological polar surface area (TPSA) is 90.3 Å². The van der Waals surface area contributed by atoms with E-state index >= 15 is 0 Å². The third-order valence-corrected chi connectivity index (χ3v) is 5.12. The Morgan fingerprint density at radius 1 is 1.03 bits per heavy atom. The zero-order valence-electron chi connectivity index (χ0n) is 17.7. The number of benzene rings is 2. The predicted octanol–water partition coefficient (Wildman–Crippen LogP) is 3.58. The number of carbonyl (C=O) groups excluding carboxylic acids is 2. The molecular weight excluding hydrogens is 406 g/mol. The first-order valence-electron chi connectivity index (χ1n) is 9.98. The Hall–Kier alpha value is -4.26. The number of pyridine rings is 2. The standard InChI is InChI=1S/C25H21N3O4/c1-16-3-5-18(6-4-16)27-23(29)15-28-14-21(24(30)17-9-11-26-12-10-17)25(31)20-8-7-19(32-2)13-22(20)28/h3-14H,15H2,1-2H3,(H,27,29). The summed E-state index contributed by atoms with van der Waals surface area (Å²) in [7, 11) is 1.52. The number of anilines is 1. The molecule has 1 N–H and O–H groups in total. The highest BCUT2D eigenvalue weighted by Gasteiger charge is 2.18. The van der Waals surface area contributed by atoms with Crippen molar-refractivity contribution in [2.24, 2.45) is 0 Å². The third-order valence-electron chi connectivity index (χ3n) is 5.12. The van der Waals surface area contributed by atoms with Crippen LogP contribution in [0.25, 0.3) is 10.9 Å². The number of fused-ring (bicyclic) bond motifs is 1. The van der Waals surface area contributed by atoms with E-state index in [1.165, 1.54) is 25.7 Å². The lowest BCUT2D eigenvalue weighted by Gasteiger charge is -2.14. The van der Waals surface area contributed by atoms with Crippen LogP contribution in [-0.2, 0) is 11.3 Å². The molecule has 4 rings (SSSR count). The first-order valence-corrected chi connectivity index (χ1v) is 9.98. The van der Waals surface area contributed by atoms with E-state index in [4.69, 9.17) is 4.74 Å². The number of nitrogens with zero attached hydrogens (tertiary/aromatic N) is 2. The molecule has 2 heterocycles. The minimum absolute atomic E-state index is 0.0167. The molecule has 0 atom stereocenters. The summed E-state index contributed by atoms with van der Waals surface area (Å²) in [6.07, 6.45) is 4.42. The van der Waals surface area contributed by atoms with Crippen LogP contribution in [-0.4, -0.2) is 28.4 Å². The van der Waals surface area contributed by atoms with E-state index in [1.807, 2.05) is 31.2 Å². The van der Waals surface area contributed by atoms with E-state index in [0.717, 1.165) is 5.56 Å². The molecule has 0 radical (unpaired) electrons. The van der Waals surface area contributed by atoms with Gasteiger partial charge in [-0.25, -0.2) is 0 Å². The highest BCUT2D eigenvalue weighted by Crippen LogP contribution is 2.21. The van der Waals surface area contributed by atoms with E-state index in [0.29, 0.717) is 27.9 Å². The smallest absolute Gasteiger partial charge is 0.244 e. The summed E-state index contributed by atoms with van der Waals surface area (Å²) in [4.78, 5) is 42.8. The quantitative estimate of drug-likeness (QED) is 0.475. The Kier molecular flexibility index (Phi) is 5.81. The average molecular weight is 427 g/mol. The predicted molar refractivity (Wildman–Crippen MR) is 122 cm³/mol. The Balaban J connectivity index is 1.77. The zero-order chi connectivity index (χ0) is 22.7. The van der Waals surface area contributed by atoms with Gasteiger partial charge in [0.05, 0.1) is 18.2 Å². The van der Waals surface area contributed by atoms with Gasteiger partial charge < -0.3 is 14.6 Å². The molecule has 1 amide bonds. The van der Waals surface area contributed by atoms with Crippen LogP contribution in [0.3, 0.4) is 0 Å². The van der Waals surface area contributed by atoms with Crippen molar-refractivity contribution in [3.05, 3.63) is 100 Å². The van der Waals surface area contributed by atoms with Crippen LogP contribution in [0.2, 0.25) is 0 Å². The molecule has 0 aliphatic carbocycles. The van der Waals surface area contributed by atoms with Crippen LogP contribution in [0.5, 0.6) is 5.75 Å². The monoisotopic (exact) mass is 427 g/mol. The maximum Gasteiger partial charge on any atom is 0.244 e. The van der Waals surface area contributed by atoms with Gasteiger partial charge >= 0.3 is 0 Å². The fraction of sp³-hybridized carbons (Fsp3) is 0.120. The number of ether oxygens (including phenoxy) is 1. The van der Waals surface area contributed by atoms with Gasteiger partial charge in [0.25, 0.3) is 0 Å². The first-order chi connectivity index (χ1) is 15.5. The molecule has 2 aromatic heterocycles. The van der Waals surface area contributed by atoms with Crippen LogP contribution in [0, 0.1) is 6.92 Å². The second kappa shape index (κ2) is 8.85. The van der Waals surface area contributed by atoms with Crippen molar-refractivity contribution in [1.29, 1.82) is 0 Å². The maximum atomic E-state index is 13.1. The molecule has 0 saturated carbocycles. The number of hydrogen-bond donors (Lipinski definition) is 1. The normalized spacial score (nSPS) is 10.7. The summed E-state index contributed by atoms with van der Waals surface area (Å²) in [6, 6.07) is 15.5. The molecule has 160 valence electrons. The molecule has 0 saturated heterocycles. The van der Waals surface area contributed by atoms with Crippen molar-refractivity contribution >= 4 is 28.3 Å². The lowest BCUT2D eigenvalue weighted by Crippen LogP contribution is -2.24. The average Bonchev–Trinajstić information content (AvgIpc) is 2.82. The number of aromatic nitrogens is 2. The SMILES string of the molecule is COc1ccc2c(=O)c(C(=O)c3ccncc3)cn(CC(=O)Nc3ccc(C)cc3)c2c1. The highest BCUT2D eigenvalue weighted by atomic mass is 16.5. The van der Waals surface area contributed by atoms with Crippen LogP contribution in [0.15, 0.2) is 78.0 Å². The van der Waals surface area contributed by atoms with Gasteiger partial charge in [0, 0.05) is 41.3 Å². The van der Waals surface area contributed by atoms with Gasteiger partial charge in [0.15, 0.2) is 5.78 Å². The fourth-order valence-corrected chi connectivity index (χ4v) is 3.44. The number of carbonyl (C=O) groups is 2. The number of hydrogen-bond acceptors (Lipinski definition) is 5. The van der Waals surface area contributed by atoms with Crippen LogP contribution in [0.4, 0.5) is 5.69 Å². The Labute approximate surface area is 184 Å². The number of nitrogens with one attached hydrogen (secondary N) is 1. The summed E-state index contributed by atoms with van der Waals surface area (Å²) in [5, 5.41) is 3.17. The van der Waals surface area contributed by atoms with E-state index in [2.05, 4.69) is 10.3 Å². The van der Waals surface area contributed by atoms with E-state index in [1.54, 1.807) is 34.9 Å². The largest absolute Gasteiger partial charge is 0.497 e. The van der Waals surface area contributed by atoms with Crippen LogP contribution >= 0.6 is 0 Å². The summed E-state index contributed by atoms with van der Waals surface area (Å²) in [5.74, 6) is -0.176. The van der Waals surface area contributed by atoms with E-state index in [9.17, 15) is 14.4 Å². The minimum atomic E-state index is -0.428. The Bertz CT molecular complexity index is 1360. The molecule has 4 aromatic rings. The molecule has 0 aliphatic heterocycles. The van der Waals surface area contributed by atoms with Gasteiger partial charge in [0.2, 0.25) is 11.3 Å². The number of ketones is 1. The molecule has 0 unspecified atom stereocenters. The van der Waals surface area contributed by atoms with Crippen molar-refractivity contribution in [2.45, 2.75) is 13.5 Å². The van der Waals surface area contributed by atoms with Crippen LogP contribution in [0.1, 0.15) is 21.5 Å². The fourth-order valence-electron chi connectivity index (χ4n) is 3.44. The third kappa shape index (κ3) is 4.27. The molecule has 7 nitrogen and oxygen atoms in total. The number of rotatable bonds is 6. The Morgan fingerprint density at radius 2 is 1.75 bits per heavy atom. The molecule has 7 heteroatoms. The van der Waals surface area contributed by atoms with Crippen molar-refractivity contribution in [2.75, 3.05) is 12.4 Å². The van der Waals surface area contributed by atoms with Crippen molar-refractivity contribution in [1.82, 2.24) is 9.55 Å². The van der Waals surface area contributed by atoms with Gasteiger partial charge in [-0.3, -0.25) is 19.4 Å². The van der Waals surface area contributed by atoms with Gasteiger partial charge in [-0.05, 0) is 43.3 Å². The summed E-state index contributed by atoms with van der Waals surface area (Å²) in [6.45, 7) is 1.88. The number of amides is 1. The molecule has 32 heavy (non-hydrogen) atoms. The minimum Gasteiger partial charge on any atom is -0.497 e. The zero-order valence-corrected chi connectivity index (χ0v) is 17.7. The summed E-state index contributed by atoms with van der Waals surface area (Å²) < 4.78 is 6.88. The molecular formula is C25H21N3O4. The lowest BCUT2D eigenvalue weighted by molar-refractivity contribution is -0.116. The van der Waals surface area contributed by atoms with E-state index < -0.39 is 11.2 Å². The highest BCUT2D eigenvalue weighted by molar-refractivity contribution is 6.10. The lowest BCUT2D eigenvalue weighted by atomic mass is 10.0. The van der Waals surface area contributed by atoms with Gasteiger partial charge in [-0.15, -0.1) is 0 Å². The maximum absolute atomic E-state index is 13.1. The summed E-state index contributed by atoms with van der Waals surface area (Å²) in [5.41, 5.74) is 2.18. The van der Waals surface area contributed by atoms with Gasteiger partial charge in [0.1, 0.15) is 12.3 Å². The molecule has 2 aromatic carbocycles. The molecule has 0 bridgehead atoms. The van der Waals surface area contributed by atoms with Gasteiger partial charge in [-0.2, -0.15) is 0 Å². The second-order valence-electron chi connectivity index (χ2n) is 7.36. The molecule has 0 fully saturated rings. The number of aryl methyl sites for hydroxylation is 1. The number of methoxy groups -OCH3 is 1. The van der Waals surface area contributed by atoms with Crippen LogP contribution < -0.4 is 15.5 Å².